The lowest BCUT2D eigenvalue weighted by atomic mass is 10.0. The molecule has 1 aliphatic heterocycles. The van der Waals surface area contributed by atoms with E-state index >= 15 is 0 Å². The van der Waals surface area contributed by atoms with Crippen molar-refractivity contribution in [2.24, 2.45) is 5.73 Å². The summed E-state index contributed by atoms with van der Waals surface area (Å²) in [6, 6.07) is 0.507. The number of hydrogen-bond acceptors (Lipinski definition) is 5. The molecule has 1 aromatic heterocycles. The summed E-state index contributed by atoms with van der Waals surface area (Å²) in [4.78, 5) is 12.7. The number of thiol groups is 1. The highest BCUT2D eigenvalue weighted by Crippen LogP contribution is 2.22. The second-order valence-corrected chi connectivity index (χ2v) is 4.91. The maximum absolute atomic E-state index is 10.3. The van der Waals surface area contributed by atoms with Gasteiger partial charge in [0.25, 0.3) is 0 Å². The van der Waals surface area contributed by atoms with E-state index in [9.17, 15) is 4.79 Å². The normalized spacial score (nSPS) is 16.6. The van der Waals surface area contributed by atoms with Gasteiger partial charge in [0.2, 0.25) is 0 Å². The number of unbranched alkanes of at least 4 members (excludes halogenated alkanes) is 1. The lowest BCUT2D eigenvalue weighted by Gasteiger charge is -2.31. The van der Waals surface area contributed by atoms with Gasteiger partial charge in [0.1, 0.15) is 6.29 Å². The Labute approximate surface area is 126 Å². The van der Waals surface area contributed by atoms with Crippen LogP contribution in [0.2, 0.25) is 0 Å². The zero-order valence-electron chi connectivity index (χ0n) is 12.2. The Morgan fingerprint density at radius 1 is 1.45 bits per heavy atom. The molecular formula is C14H26N4OS. The average Bonchev–Trinajstić information content (AvgIpc) is 2.99. The molecule has 2 N–H and O–H groups in total. The molecule has 0 spiro atoms. The van der Waals surface area contributed by atoms with Crippen LogP contribution in [0.4, 0.5) is 0 Å². The number of carbonyl (C=O) groups excluding carboxylic acids is 1. The van der Waals surface area contributed by atoms with E-state index in [0.717, 1.165) is 50.7 Å². The summed E-state index contributed by atoms with van der Waals surface area (Å²) in [7, 11) is 0. The second-order valence-electron chi connectivity index (χ2n) is 4.91. The van der Waals surface area contributed by atoms with Crippen molar-refractivity contribution in [1.29, 1.82) is 0 Å². The summed E-state index contributed by atoms with van der Waals surface area (Å²) >= 11 is 3.53. The molecular weight excluding hydrogens is 272 g/mol. The number of aldehydes is 1. The first kappa shape index (κ1) is 17.2. The molecule has 6 heteroatoms. The highest BCUT2D eigenvalue weighted by molar-refractivity contribution is 7.79. The van der Waals surface area contributed by atoms with Crippen molar-refractivity contribution in [3.63, 3.8) is 0 Å². The molecule has 5 nitrogen and oxygen atoms in total. The SMILES string of the molecule is CS.NCc1cnn(C2CCN(CCCC=O)CC2)c1. The largest absolute Gasteiger partial charge is 0.326 e. The van der Waals surface area contributed by atoms with Crippen LogP contribution >= 0.6 is 12.6 Å². The van der Waals surface area contributed by atoms with Gasteiger partial charge in [0.05, 0.1) is 12.2 Å². The van der Waals surface area contributed by atoms with Gasteiger partial charge >= 0.3 is 0 Å². The number of aromatic nitrogens is 2. The summed E-state index contributed by atoms with van der Waals surface area (Å²) in [6.07, 6.45) is 10.5. The molecule has 0 bridgehead atoms. The van der Waals surface area contributed by atoms with Crippen molar-refractivity contribution in [3.8, 4) is 0 Å². The van der Waals surface area contributed by atoms with Crippen LogP contribution in [0, 0.1) is 0 Å². The van der Waals surface area contributed by atoms with Crippen LogP contribution < -0.4 is 5.73 Å². The quantitative estimate of drug-likeness (QED) is 0.475. The van der Waals surface area contributed by atoms with E-state index in [0.29, 0.717) is 19.0 Å². The van der Waals surface area contributed by atoms with E-state index in [1.807, 2.05) is 6.20 Å². The van der Waals surface area contributed by atoms with Gasteiger partial charge in [-0.2, -0.15) is 17.7 Å². The van der Waals surface area contributed by atoms with Crippen molar-refractivity contribution in [2.75, 3.05) is 25.9 Å². The summed E-state index contributed by atoms with van der Waals surface area (Å²) < 4.78 is 2.06. The standard InChI is InChI=1S/C13H22N4O.CH4S/c14-9-12-10-15-17(11-12)13-3-6-16(7-4-13)5-1-2-8-18;1-2/h8,10-11,13H,1-7,9,14H2;2H,1H3. The average molecular weight is 298 g/mol. The Morgan fingerprint density at radius 2 is 2.15 bits per heavy atom. The molecule has 0 radical (unpaired) electrons. The topological polar surface area (TPSA) is 64.2 Å². The molecule has 2 rings (SSSR count). The highest BCUT2D eigenvalue weighted by atomic mass is 32.1. The molecule has 0 unspecified atom stereocenters. The minimum atomic E-state index is 0.507. The number of carbonyl (C=O) groups is 1. The first-order chi connectivity index (χ1) is 9.83. The summed E-state index contributed by atoms with van der Waals surface area (Å²) in [5, 5.41) is 4.38. The van der Waals surface area contributed by atoms with Crippen molar-refractivity contribution in [3.05, 3.63) is 18.0 Å². The molecule has 1 aromatic rings. The van der Waals surface area contributed by atoms with Gasteiger partial charge in [0, 0.05) is 37.8 Å². The molecule has 0 aromatic carbocycles. The first-order valence-corrected chi connectivity index (χ1v) is 8.06. The molecule has 0 saturated carbocycles. The van der Waals surface area contributed by atoms with E-state index in [1.54, 1.807) is 6.26 Å². The van der Waals surface area contributed by atoms with Gasteiger partial charge in [-0.25, -0.2) is 0 Å². The Morgan fingerprint density at radius 3 is 2.70 bits per heavy atom. The number of nitrogens with two attached hydrogens (primary N) is 1. The maximum Gasteiger partial charge on any atom is 0.120 e. The van der Waals surface area contributed by atoms with Crippen LogP contribution in [0.25, 0.3) is 0 Å². The molecule has 20 heavy (non-hydrogen) atoms. The van der Waals surface area contributed by atoms with Crippen LogP contribution in [0.1, 0.15) is 37.3 Å². The molecule has 2 heterocycles. The van der Waals surface area contributed by atoms with Gasteiger partial charge in [-0.15, -0.1) is 0 Å². The van der Waals surface area contributed by atoms with Crippen LogP contribution in [0.5, 0.6) is 0 Å². The Kier molecular flexibility index (Phi) is 8.57. The summed E-state index contributed by atoms with van der Waals surface area (Å²) in [5.74, 6) is 0. The number of hydrogen-bond donors (Lipinski definition) is 2. The first-order valence-electron chi connectivity index (χ1n) is 7.17. The fraction of sp³-hybridized carbons (Fsp3) is 0.714. The monoisotopic (exact) mass is 298 g/mol. The van der Waals surface area contributed by atoms with E-state index in [4.69, 9.17) is 5.73 Å². The number of nitrogens with zero attached hydrogens (tertiary/aromatic N) is 3. The number of rotatable bonds is 6. The zero-order valence-corrected chi connectivity index (χ0v) is 13.1. The molecule has 0 amide bonds. The van der Waals surface area contributed by atoms with Crippen LogP contribution in [-0.4, -0.2) is 46.9 Å². The molecule has 1 aliphatic rings. The van der Waals surface area contributed by atoms with Crippen molar-refractivity contribution in [2.45, 2.75) is 38.3 Å². The Bertz CT molecular complexity index is 375. The number of piperidine rings is 1. The van der Waals surface area contributed by atoms with Crippen LogP contribution in [0.15, 0.2) is 12.4 Å². The second kappa shape index (κ2) is 9.96. The third-order valence-corrected chi connectivity index (χ3v) is 3.62. The number of likely N-dealkylation sites (tertiary alicyclic amines) is 1. The smallest absolute Gasteiger partial charge is 0.120 e. The predicted molar refractivity (Wildman–Crippen MR) is 85.0 cm³/mol. The third-order valence-electron chi connectivity index (χ3n) is 3.62. The maximum atomic E-state index is 10.3. The van der Waals surface area contributed by atoms with Gasteiger partial charge in [0.15, 0.2) is 0 Å². The van der Waals surface area contributed by atoms with Crippen LogP contribution in [-0.2, 0) is 11.3 Å². The van der Waals surface area contributed by atoms with E-state index < -0.39 is 0 Å². The minimum Gasteiger partial charge on any atom is -0.326 e. The van der Waals surface area contributed by atoms with Crippen molar-refractivity contribution >= 4 is 18.9 Å². The van der Waals surface area contributed by atoms with E-state index in [-0.39, 0.29) is 0 Å². The summed E-state index contributed by atoms with van der Waals surface area (Å²) in [5.41, 5.74) is 6.69. The molecule has 1 fully saturated rings. The van der Waals surface area contributed by atoms with Gasteiger partial charge in [-0.1, -0.05) is 0 Å². The van der Waals surface area contributed by atoms with Gasteiger partial charge in [-0.3, -0.25) is 4.68 Å². The highest BCUT2D eigenvalue weighted by Gasteiger charge is 2.20. The lowest BCUT2D eigenvalue weighted by molar-refractivity contribution is -0.108. The molecule has 0 atom stereocenters. The fourth-order valence-corrected chi connectivity index (χ4v) is 2.49. The van der Waals surface area contributed by atoms with Gasteiger partial charge < -0.3 is 15.4 Å². The predicted octanol–water partition coefficient (Wildman–Crippen LogP) is 1.50. The van der Waals surface area contributed by atoms with E-state index in [1.165, 1.54) is 0 Å². The molecule has 114 valence electrons. The molecule has 1 saturated heterocycles. The third kappa shape index (κ3) is 5.26. The van der Waals surface area contributed by atoms with E-state index in [2.05, 4.69) is 33.5 Å². The van der Waals surface area contributed by atoms with Gasteiger partial charge in [-0.05, 0) is 32.1 Å². The van der Waals surface area contributed by atoms with Crippen LogP contribution in [0.3, 0.4) is 0 Å². The minimum absolute atomic E-state index is 0.507. The zero-order chi connectivity index (χ0) is 14.8. The lowest BCUT2D eigenvalue weighted by Crippen LogP contribution is -2.35. The molecule has 0 aliphatic carbocycles. The van der Waals surface area contributed by atoms with Crippen molar-refractivity contribution in [1.82, 2.24) is 14.7 Å². The Hall–Kier alpha value is -0.850. The Balaban J connectivity index is 0.000000956. The summed E-state index contributed by atoms with van der Waals surface area (Å²) in [6.45, 7) is 3.80. The fourth-order valence-electron chi connectivity index (χ4n) is 2.49. The van der Waals surface area contributed by atoms with Crippen molar-refractivity contribution < 1.29 is 4.79 Å².